The number of pyridine rings is 1. The summed E-state index contributed by atoms with van der Waals surface area (Å²) in [5, 5.41) is 7.98. The second kappa shape index (κ2) is 4.92. The third-order valence-electron chi connectivity index (χ3n) is 3.24. The lowest BCUT2D eigenvalue weighted by atomic mass is 10.0. The number of nitrogens with two attached hydrogens (primary N) is 1. The van der Waals surface area contributed by atoms with Crippen LogP contribution in [0.5, 0.6) is 0 Å². The molecule has 1 aliphatic heterocycles. The average Bonchev–Trinajstić information content (AvgIpc) is 2.30. The molecule has 0 aliphatic carbocycles. The molecule has 1 aromatic rings. The zero-order valence-electron chi connectivity index (χ0n) is 9.91. The normalized spacial score (nSPS) is 20.4. The fourth-order valence-electron chi connectivity index (χ4n) is 2.25. The maximum Gasteiger partial charge on any atom is 0.148 e. The molecular formula is C12H17ClN4. The van der Waals surface area contributed by atoms with Gasteiger partial charge in [-0.2, -0.15) is 0 Å². The van der Waals surface area contributed by atoms with Crippen LogP contribution in [0.1, 0.15) is 31.7 Å². The molecule has 1 atom stereocenters. The van der Waals surface area contributed by atoms with Crippen molar-refractivity contribution in [3.05, 3.63) is 22.8 Å². The molecule has 1 aromatic heterocycles. The quantitative estimate of drug-likeness (QED) is 0.627. The van der Waals surface area contributed by atoms with E-state index in [0.29, 0.717) is 16.6 Å². The minimum absolute atomic E-state index is 0.0108. The van der Waals surface area contributed by atoms with Crippen LogP contribution < -0.4 is 10.6 Å². The van der Waals surface area contributed by atoms with Crippen molar-refractivity contribution in [2.75, 3.05) is 11.4 Å². The number of halogens is 1. The van der Waals surface area contributed by atoms with Gasteiger partial charge in [0.05, 0.1) is 5.02 Å². The maximum atomic E-state index is 7.48. The van der Waals surface area contributed by atoms with Gasteiger partial charge in [-0.15, -0.1) is 0 Å². The number of nitrogen functional groups attached to an aromatic ring is 1. The van der Waals surface area contributed by atoms with Gasteiger partial charge in [-0.25, -0.2) is 4.98 Å². The number of anilines is 1. The highest BCUT2D eigenvalue weighted by atomic mass is 35.5. The largest absolute Gasteiger partial charge is 0.384 e. The molecule has 0 radical (unpaired) electrons. The highest BCUT2D eigenvalue weighted by Crippen LogP contribution is 2.31. The predicted molar refractivity (Wildman–Crippen MR) is 70.9 cm³/mol. The molecule has 4 nitrogen and oxygen atoms in total. The second-order valence-corrected chi connectivity index (χ2v) is 4.83. The number of amidine groups is 1. The van der Waals surface area contributed by atoms with Crippen LogP contribution in [0, 0.1) is 5.41 Å². The number of aromatic nitrogens is 1. The van der Waals surface area contributed by atoms with Gasteiger partial charge in [0.15, 0.2) is 0 Å². The molecule has 1 fully saturated rings. The summed E-state index contributed by atoms with van der Waals surface area (Å²) in [6.07, 6.45) is 5.23. The van der Waals surface area contributed by atoms with E-state index in [1.807, 2.05) is 0 Å². The van der Waals surface area contributed by atoms with Crippen LogP contribution in [0.15, 0.2) is 12.3 Å². The Balaban J connectivity index is 2.38. The lowest BCUT2D eigenvalue weighted by Crippen LogP contribution is -2.38. The van der Waals surface area contributed by atoms with Crippen LogP contribution in [0.2, 0.25) is 5.02 Å². The molecule has 0 amide bonds. The molecule has 5 heteroatoms. The van der Waals surface area contributed by atoms with Crippen molar-refractivity contribution < 1.29 is 0 Å². The first-order valence-electron chi connectivity index (χ1n) is 5.87. The molecular weight excluding hydrogens is 236 g/mol. The van der Waals surface area contributed by atoms with Gasteiger partial charge in [-0.05, 0) is 32.3 Å². The summed E-state index contributed by atoms with van der Waals surface area (Å²) < 4.78 is 0. The van der Waals surface area contributed by atoms with Gasteiger partial charge in [0.1, 0.15) is 11.7 Å². The Morgan fingerprint density at radius 3 is 3.00 bits per heavy atom. The Kier molecular flexibility index (Phi) is 3.52. The lowest BCUT2D eigenvalue weighted by Gasteiger charge is -2.35. The number of rotatable bonds is 2. The summed E-state index contributed by atoms with van der Waals surface area (Å²) >= 11 is 6.28. The Morgan fingerprint density at radius 1 is 1.59 bits per heavy atom. The van der Waals surface area contributed by atoms with Gasteiger partial charge in [0.2, 0.25) is 0 Å². The lowest BCUT2D eigenvalue weighted by molar-refractivity contribution is 0.481. The fourth-order valence-corrected chi connectivity index (χ4v) is 2.58. The molecule has 0 saturated carbocycles. The van der Waals surface area contributed by atoms with Crippen LogP contribution in [0.4, 0.5) is 5.82 Å². The van der Waals surface area contributed by atoms with Crippen molar-refractivity contribution in [1.82, 2.24) is 4.98 Å². The van der Waals surface area contributed by atoms with Gasteiger partial charge in [-0.3, -0.25) is 5.41 Å². The Labute approximate surface area is 106 Å². The minimum atomic E-state index is -0.0108. The van der Waals surface area contributed by atoms with Crippen LogP contribution >= 0.6 is 11.6 Å². The molecule has 1 aliphatic rings. The zero-order chi connectivity index (χ0) is 12.4. The summed E-state index contributed by atoms with van der Waals surface area (Å²) in [7, 11) is 0. The number of hydrogen-bond acceptors (Lipinski definition) is 3. The first kappa shape index (κ1) is 12.2. The summed E-state index contributed by atoms with van der Waals surface area (Å²) in [5.74, 6) is 0.745. The third-order valence-corrected chi connectivity index (χ3v) is 3.61. The van der Waals surface area contributed by atoms with E-state index in [9.17, 15) is 0 Å². The number of nitrogens with zero attached hydrogens (tertiary/aromatic N) is 2. The van der Waals surface area contributed by atoms with Crippen molar-refractivity contribution in [1.29, 1.82) is 5.41 Å². The van der Waals surface area contributed by atoms with E-state index in [2.05, 4.69) is 16.8 Å². The van der Waals surface area contributed by atoms with E-state index in [1.54, 1.807) is 12.3 Å². The highest BCUT2D eigenvalue weighted by molar-refractivity contribution is 6.36. The van der Waals surface area contributed by atoms with E-state index < -0.39 is 0 Å². The monoisotopic (exact) mass is 252 g/mol. The van der Waals surface area contributed by atoms with Crippen molar-refractivity contribution >= 4 is 23.3 Å². The van der Waals surface area contributed by atoms with Gasteiger partial charge in [0, 0.05) is 24.3 Å². The number of nitrogens with one attached hydrogen (secondary N) is 1. The standard InChI is InChI=1S/C12H17ClN4/c1-8-4-2-3-7-17(8)12-10(13)9(11(14)15)5-6-16-12/h5-6,8H,2-4,7H2,1H3,(H3,14,15). The smallest absolute Gasteiger partial charge is 0.148 e. The average molecular weight is 253 g/mol. The number of piperidine rings is 1. The minimum Gasteiger partial charge on any atom is -0.384 e. The zero-order valence-corrected chi connectivity index (χ0v) is 10.7. The van der Waals surface area contributed by atoms with Crippen LogP contribution in [-0.2, 0) is 0 Å². The Hall–Kier alpha value is -1.29. The topological polar surface area (TPSA) is 66.0 Å². The van der Waals surface area contributed by atoms with Gasteiger partial charge in [0.25, 0.3) is 0 Å². The summed E-state index contributed by atoms with van der Waals surface area (Å²) in [6.45, 7) is 3.15. The van der Waals surface area contributed by atoms with E-state index in [-0.39, 0.29) is 5.84 Å². The first-order chi connectivity index (χ1) is 8.11. The Morgan fingerprint density at radius 2 is 2.35 bits per heavy atom. The fraction of sp³-hybridized carbons (Fsp3) is 0.500. The highest BCUT2D eigenvalue weighted by Gasteiger charge is 2.23. The van der Waals surface area contributed by atoms with Gasteiger partial charge >= 0.3 is 0 Å². The van der Waals surface area contributed by atoms with Crippen LogP contribution in [0.25, 0.3) is 0 Å². The van der Waals surface area contributed by atoms with Gasteiger partial charge in [-0.1, -0.05) is 11.6 Å². The van der Waals surface area contributed by atoms with Crippen molar-refractivity contribution in [2.24, 2.45) is 5.73 Å². The Bertz CT molecular complexity index is 433. The van der Waals surface area contributed by atoms with Crippen molar-refractivity contribution in [3.8, 4) is 0 Å². The van der Waals surface area contributed by atoms with Crippen molar-refractivity contribution in [3.63, 3.8) is 0 Å². The molecule has 1 saturated heterocycles. The summed E-state index contributed by atoms with van der Waals surface area (Å²) in [5.41, 5.74) is 6.06. The molecule has 2 rings (SSSR count). The van der Waals surface area contributed by atoms with Crippen molar-refractivity contribution in [2.45, 2.75) is 32.2 Å². The molecule has 0 bridgehead atoms. The molecule has 1 unspecified atom stereocenters. The summed E-state index contributed by atoms with van der Waals surface area (Å²) in [4.78, 5) is 6.54. The molecule has 0 aromatic carbocycles. The third kappa shape index (κ3) is 2.36. The predicted octanol–water partition coefficient (Wildman–Crippen LogP) is 2.40. The molecule has 2 heterocycles. The van der Waals surface area contributed by atoms with E-state index in [0.717, 1.165) is 25.2 Å². The van der Waals surface area contributed by atoms with Gasteiger partial charge < -0.3 is 10.6 Å². The van der Waals surface area contributed by atoms with E-state index in [1.165, 1.54) is 6.42 Å². The van der Waals surface area contributed by atoms with Crippen LogP contribution in [0.3, 0.4) is 0 Å². The van der Waals surface area contributed by atoms with E-state index in [4.69, 9.17) is 22.7 Å². The van der Waals surface area contributed by atoms with Crippen LogP contribution in [-0.4, -0.2) is 23.4 Å². The molecule has 0 spiro atoms. The second-order valence-electron chi connectivity index (χ2n) is 4.45. The summed E-state index contributed by atoms with van der Waals surface area (Å²) in [6, 6.07) is 2.12. The maximum absolute atomic E-state index is 7.48. The molecule has 3 N–H and O–H groups in total. The first-order valence-corrected chi connectivity index (χ1v) is 6.24. The number of hydrogen-bond donors (Lipinski definition) is 2. The van der Waals surface area contributed by atoms with E-state index >= 15 is 0 Å². The SMILES string of the molecule is CC1CCCCN1c1nccc(C(=N)N)c1Cl. The molecule has 17 heavy (non-hydrogen) atoms. The molecule has 92 valence electrons.